The molecule has 5 heteroatoms. The Morgan fingerprint density at radius 1 is 1.54 bits per heavy atom. The third-order valence-electron chi connectivity index (χ3n) is 1.89. The van der Waals surface area contributed by atoms with Crippen LogP contribution in [0.2, 0.25) is 0 Å². The van der Waals surface area contributed by atoms with E-state index in [-0.39, 0.29) is 5.92 Å². The van der Waals surface area contributed by atoms with E-state index < -0.39 is 0 Å². The zero-order chi connectivity index (χ0) is 9.10. The van der Waals surface area contributed by atoms with Gasteiger partial charge in [0, 0.05) is 17.5 Å². The molecule has 0 spiro atoms. The molecule has 0 aliphatic heterocycles. The van der Waals surface area contributed by atoms with Gasteiger partial charge in [-0.2, -0.15) is 0 Å². The van der Waals surface area contributed by atoms with Gasteiger partial charge in [0.2, 0.25) is 0 Å². The standard InChI is InChI=1S/C8H9N4S/c1-2-6(7-3-10-12-11-7)8-4-13-5-9-8/h3-6H,1-2H2,(H,10,11,12). The molecule has 1 unspecified atom stereocenters. The molecule has 0 amide bonds. The minimum Gasteiger partial charge on any atom is -0.265 e. The van der Waals surface area contributed by atoms with E-state index in [1.165, 1.54) is 0 Å². The van der Waals surface area contributed by atoms with Crippen molar-refractivity contribution in [1.82, 2.24) is 20.4 Å². The van der Waals surface area contributed by atoms with Crippen molar-refractivity contribution in [3.8, 4) is 0 Å². The fourth-order valence-corrected chi connectivity index (χ4v) is 1.83. The molecule has 0 fully saturated rings. The molecule has 2 rings (SSSR count). The summed E-state index contributed by atoms with van der Waals surface area (Å²) in [6, 6.07) is 0. The Kier molecular flexibility index (Phi) is 2.35. The molecule has 2 aromatic rings. The van der Waals surface area contributed by atoms with Crippen LogP contribution in [0.4, 0.5) is 0 Å². The number of thiazole rings is 1. The second-order valence-electron chi connectivity index (χ2n) is 2.65. The minimum absolute atomic E-state index is 0.171. The quantitative estimate of drug-likeness (QED) is 0.805. The molecule has 0 aromatic carbocycles. The number of aromatic amines is 1. The van der Waals surface area contributed by atoms with E-state index >= 15 is 0 Å². The number of nitrogens with zero attached hydrogens (tertiary/aromatic N) is 3. The minimum atomic E-state index is 0.171. The maximum absolute atomic E-state index is 4.24. The van der Waals surface area contributed by atoms with Crippen LogP contribution in [0.5, 0.6) is 0 Å². The smallest absolute Gasteiger partial charge is 0.0915 e. The fraction of sp³-hybridized carbons (Fsp3) is 0.250. The van der Waals surface area contributed by atoms with Gasteiger partial charge in [0.25, 0.3) is 0 Å². The molecule has 0 aliphatic carbocycles. The third-order valence-corrected chi connectivity index (χ3v) is 2.49. The average Bonchev–Trinajstić information content (AvgIpc) is 2.76. The van der Waals surface area contributed by atoms with Crippen LogP contribution in [0.1, 0.15) is 23.7 Å². The molecule has 0 bridgehead atoms. The Morgan fingerprint density at radius 3 is 3.00 bits per heavy atom. The summed E-state index contributed by atoms with van der Waals surface area (Å²) in [7, 11) is 0. The van der Waals surface area contributed by atoms with Gasteiger partial charge >= 0.3 is 0 Å². The van der Waals surface area contributed by atoms with E-state index in [9.17, 15) is 0 Å². The zero-order valence-electron chi connectivity index (χ0n) is 6.97. The van der Waals surface area contributed by atoms with Gasteiger partial charge in [0.15, 0.2) is 0 Å². The molecular formula is C8H9N4S. The number of H-pyrrole nitrogens is 1. The molecule has 1 radical (unpaired) electrons. The van der Waals surface area contributed by atoms with Gasteiger partial charge in [-0.25, -0.2) is 4.98 Å². The van der Waals surface area contributed by atoms with E-state index in [1.54, 1.807) is 17.5 Å². The van der Waals surface area contributed by atoms with E-state index in [4.69, 9.17) is 0 Å². The molecule has 2 aromatic heterocycles. The van der Waals surface area contributed by atoms with Crippen LogP contribution in [-0.4, -0.2) is 20.4 Å². The molecule has 2 heterocycles. The lowest BCUT2D eigenvalue weighted by Crippen LogP contribution is -2.00. The topological polar surface area (TPSA) is 54.5 Å². The van der Waals surface area contributed by atoms with Gasteiger partial charge in [0.05, 0.1) is 16.9 Å². The summed E-state index contributed by atoms with van der Waals surface area (Å²) in [6.07, 6.45) is 2.53. The lowest BCUT2D eigenvalue weighted by molar-refractivity contribution is 0.759. The number of hydrogen-bond donors (Lipinski definition) is 1. The van der Waals surface area contributed by atoms with Crippen LogP contribution < -0.4 is 0 Å². The Balaban J connectivity index is 2.29. The lowest BCUT2D eigenvalue weighted by Gasteiger charge is -2.06. The number of aromatic nitrogens is 4. The van der Waals surface area contributed by atoms with Crippen LogP contribution in [0.3, 0.4) is 0 Å². The molecule has 67 valence electrons. The summed E-state index contributed by atoms with van der Waals surface area (Å²) in [6.45, 7) is 3.88. The molecule has 1 atom stereocenters. The van der Waals surface area contributed by atoms with Crippen molar-refractivity contribution in [2.75, 3.05) is 0 Å². The van der Waals surface area contributed by atoms with Crippen LogP contribution in [-0.2, 0) is 0 Å². The fourth-order valence-electron chi connectivity index (χ4n) is 1.22. The Hall–Kier alpha value is -1.23. The molecule has 13 heavy (non-hydrogen) atoms. The summed E-state index contributed by atoms with van der Waals surface area (Å²) < 4.78 is 0. The summed E-state index contributed by atoms with van der Waals surface area (Å²) in [5, 5.41) is 12.3. The van der Waals surface area contributed by atoms with Crippen molar-refractivity contribution < 1.29 is 0 Å². The largest absolute Gasteiger partial charge is 0.265 e. The first kappa shape index (κ1) is 8.37. The number of rotatable bonds is 3. The molecule has 1 N–H and O–H groups in total. The highest BCUT2D eigenvalue weighted by atomic mass is 32.1. The normalized spacial score (nSPS) is 13.0. The summed E-state index contributed by atoms with van der Waals surface area (Å²) >= 11 is 1.58. The number of nitrogens with one attached hydrogen (secondary N) is 1. The first-order valence-electron chi connectivity index (χ1n) is 3.95. The predicted molar refractivity (Wildman–Crippen MR) is 50.3 cm³/mol. The molecule has 0 saturated carbocycles. The van der Waals surface area contributed by atoms with Crippen molar-refractivity contribution in [1.29, 1.82) is 0 Å². The monoisotopic (exact) mass is 193 g/mol. The summed E-state index contributed by atoms with van der Waals surface area (Å²) in [5.41, 5.74) is 3.74. The highest BCUT2D eigenvalue weighted by Gasteiger charge is 2.15. The second-order valence-corrected chi connectivity index (χ2v) is 3.37. The van der Waals surface area contributed by atoms with Gasteiger partial charge < -0.3 is 0 Å². The maximum Gasteiger partial charge on any atom is 0.0915 e. The van der Waals surface area contributed by atoms with Crippen LogP contribution in [0.15, 0.2) is 17.1 Å². The van der Waals surface area contributed by atoms with E-state index in [2.05, 4.69) is 27.3 Å². The van der Waals surface area contributed by atoms with Crippen molar-refractivity contribution in [3.05, 3.63) is 35.4 Å². The second kappa shape index (κ2) is 3.66. The van der Waals surface area contributed by atoms with Crippen molar-refractivity contribution in [3.63, 3.8) is 0 Å². The first-order valence-corrected chi connectivity index (χ1v) is 4.89. The summed E-state index contributed by atoms with van der Waals surface area (Å²) in [5.74, 6) is 0.171. The van der Waals surface area contributed by atoms with Crippen molar-refractivity contribution in [2.45, 2.75) is 12.3 Å². The van der Waals surface area contributed by atoms with E-state index in [0.717, 1.165) is 17.8 Å². The Morgan fingerprint density at radius 2 is 2.46 bits per heavy atom. The van der Waals surface area contributed by atoms with Gasteiger partial charge in [-0.15, -0.1) is 16.4 Å². The SMILES string of the molecule is [CH2]CC(c1cscn1)c1c[nH]nn1. The van der Waals surface area contributed by atoms with Crippen LogP contribution in [0.25, 0.3) is 0 Å². The highest BCUT2D eigenvalue weighted by molar-refractivity contribution is 7.07. The molecule has 0 aliphatic rings. The average molecular weight is 193 g/mol. The maximum atomic E-state index is 4.24. The third kappa shape index (κ3) is 1.60. The first-order chi connectivity index (χ1) is 6.42. The zero-order valence-corrected chi connectivity index (χ0v) is 7.79. The predicted octanol–water partition coefficient (Wildman–Crippen LogP) is 1.62. The van der Waals surface area contributed by atoms with Gasteiger partial charge in [-0.3, -0.25) is 5.10 Å². The Labute approximate surface area is 80.0 Å². The number of hydrogen-bond acceptors (Lipinski definition) is 4. The van der Waals surface area contributed by atoms with E-state index in [0.29, 0.717) is 0 Å². The van der Waals surface area contributed by atoms with Gasteiger partial charge in [-0.1, -0.05) is 12.1 Å². The summed E-state index contributed by atoms with van der Waals surface area (Å²) in [4.78, 5) is 4.24. The van der Waals surface area contributed by atoms with E-state index in [1.807, 2.05) is 10.9 Å². The van der Waals surface area contributed by atoms with Crippen LogP contribution >= 0.6 is 11.3 Å². The molecule has 4 nitrogen and oxygen atoms in total. The van der Waals surface area contributed by atoms with Crippen molar-refractivity contribution >= 4 is 11.3 Å². The van der Waals surface area contributed by atoms with Gasteiger partial charge in [-0.05, 0) is 6.42 Å². The highest BCUT2D eigenvalue weighted by Crippen LogP contribution is 2.24. The van der Waals surface area contributed by atoms with Crippen molar-refractivity contribution in [2.24, 2.45) is 0 Å². The molecule has 0 saturated heterocycles. The van der Waals surface area contributed by atoms with Crippen LogP contribution in [0, 0.1) is 6.92 Å². The Bertz CT molecular complexity index is 306. The van der Waals surface area contributed by atoms with Gasteiger partial charge in [0.1, 0.15) is 0 Å². The lowest BCUT2D eigenvalue weighted by atomic mass is 10.0. The molecular weight excluding hydrogens is 184 g/mol.